The molecule has 0 saturated heterocycles. The summed E-state index contributed by atoms with van der Waals surface area (Å²) in [6.45, 7) is 4.06. The monoisotopic (exact) mass is 283 g/mol. The molecule has 0 aromatic heterocycles. The predicted molar refractivity (Wildman–Crippen MR) is 84.4 cm³/mol. The fraction of sp³-hybridized carbons (Fsp3) is 0.278. The third kappa shape index (κ3) is 3.14. The number of carbonyl (C=O) groups is 1. The first-order valence-electron chi connectivity index (χ1n) is 7.04. The highest BCUT2D eigenvalue weighted by molar-refractivity contribution is 5.82. The van der Waals surface area contributed by atoms with Crippen molar-refractivity contribution in [2.75, 3.05) is 6.54 Å². The topological polar surface area (TPSA) is 63.3 Å². The second-order valence-electron chi connectivity index (χ2n) is 5.62. The molecule has 0 bridgehead atoms. The molecule has 0 aliphatic heterocycles. The summed E-state index contributed by atoms with van der Waals surface area (Å²) in [6, 6.07) is 15.5. The van der Waals surface area contributed by atoms with Gasteiger partial charge in [0.15, 0.2) is 0 Å². The molecule has 0 amide bonds. The van der Waals surface area contributed by atoms with Gasteiger partial charge in [0.1, 0.15) is 5.41 Å². The minimum atomic E-state index is -1.08. The van der Waals surface area contributed by atoms with Crippen LogP contribution in [0.25, 0.3) is 0 Å². The first-order chi connectivity index (χ1) is 9.98. The van der Waals surface area contributed by atoms with Crippen LogP contribution in [0.5, 0.6) is 0 Å². The van der Waals surface area contributed by atoms with E-state index in [1.165, 1.54) is 0 Å². The molecule has 110 valence electrons. The van der Waals surface area contributed by atoms with E-state index in [2.05, 4.69) is 0 Å². The SMILES string of the molecule is Cc1ccc(CC(CN)(C(=O)O)c2ccc(C)cc2)cc1. The molecule has 3 nitrogen and oxygen atoms in total. The predicted octanol–water partition coefficient (Wildman–Crippen LogP) is 2.83. The van der Waals surface area contributed by atoms with Crippen LogP contribution in [0, 0.1) is 13.8 Å². The molecule has 3 heteroatoms. The van der Waals surface area contributed by atoms with Crippen molar-refractivity contribution in [3.63, 3.8) is 0 Å². The van der Waals surface area contributed by atoms with Crippen LogP contribution in [0.1, 0.15) is 22.3 Å². The maximum absolute atomic E-state index is 11.9. The smallest absolute Gasteiger partial charge is 0.315 e. The Kier molecular flexibility index (Phi) is 4.43. The molecule has 0 saturated carbocycles. The second-order valence-corrected chi connectivity index (χ2v) is 5.62. The van der Waals surface area contributed by atoms with Gasteiger partial charge in [-0.25, -0.2) is 0 Å². The Balaban J connectivity index is 2.44. The quantitative estimate of drug-likeness (QED) is 0.887. The molecule has 1 unspecified atom stereocenters. The summed E-state index contributed by atoms with van der Waals surface area (Å²) in [5, 5.41) is 9.78. The lowest BCUT2D eigenvalue weighted by molar-refractivity contribution is -0.143. The first kappa shape index (κ1) is 15.3. The van der Waals surface area contributed by atoms with Gasteiger partial charge in [0.2, 0.25) is 0 Å². The van der Waals surface area contributed by atoms with Crippen LogP contribution in [-0.2, 0) is 16.6 Å². The number of hydrogen-bond acceptors (Lipinski definition) is 2. The van der Waals surface area contributed by atoms with Crippen molar-refractivity contribution >= 4 is 5.97 Å². The van der Waals surface area contributed by atoms with Crippen LogP contribution in [0.4, 0.5) is 0 Å². The van der Waals surface area contributed by atoms with Gasteiger partial charge >= 0.3 is 5.97 Å². The summed E-state index contributed by atoms with van der Waals surface area (Å²) < 4.78 is 0. The average Bonchev–Trinajstić information content (AvgIpc) is 2.47. The molecule has 0 aliphatic carbocycles. The minimum absolute atomic E-state index is 0.0687. The van der Waals surface area contributed by atoms with Gasteiger partial charge in [-0.05, 0) is 31.4 Å². The van der Waals surface area contributed by atoms with Crippen molar-refractivity contribution in [3.05, 3.63) is 70.8 Å². The molecule has 2 rings (SSSR count). The zero-order valence-corrected chi connectivity index (χ0v) is 12.5. The van der Waals surface area contributed by atoms with Gasteiger partial charge in [-0.3, -0.25) is 4.79 Å². The molecule has 1 atom stereocenters. The highest BCUT2D eigenvalue weighted by atomic mass is 16.4. The van der Waals surface area contributed by atoms with E-state index in [9.17, 15) is 9.90 Å². The maximum Gasteiger partial charge on any atom is 0.315 e. The van der Waals surface area contributed by atoms with Crippen molar-refractivity contribution in [2.24, 2.45) is 5.73 Å². The largest absolute Gasteiger partial charge is 0.481 e. The average molecular weight is 283 g/mol. The molecule has 3 N–H and O–H groups in total. The molecule has 2 aromatic carbocycles. The molecule has 0 fully saturated rings. The highest BCUT2D eigenvalue weighted by Crippen LogP contribution is 2.29. The Morgan fingerprint density at radius 2 is 1.48 bits per heavy atom. The standard InChI is InChI=1S/C18H21NO2/c1-13-3-7-15(8-4-13)11-18(12-19,17(20)21)16-9-5-14(2)6-10-16/h3-10H,11-12,19H2,1-2H3,(H,20,21). The van der Waals surface area contributed by atoms with E-state index in [1.54, 1.807) is 0 Å². The number of benzene rings is 2. The van der Waals surface area contributed by atoms with Crippen molar-refractivity contribution in [1.29, 1.82) is 0 Å². The molecule has 0 heterocycles. The van der Waals surface area contributed by atoms with Gasteiger partial charge in [0.05, 0.1) is 0 Å². The van der Waals surface area contributed by atoms with Gasteiger partial charge in [-0.1, -0.05) is 59.7 Å². The first-order valence-corrected chi connectivity index (χ1v) is 7.04. The lowest BCUT2D eigenvalue weighted by Crippen LogP contribution is -2.45. The normalized spacial score (nSPS) is 13.7. The van der Waals surface area contributed by atoms with Crippen LogP contribution in [0.3, 0.4) is 0 Å². The van der Waals surface area contributed by atoms with E-state index in [0.29, 0.717) is 6.42 Å². The third-order valence-corrected chi connectivity index (χ3v) is 3.99. The number of rotatable bonds is 5. The molecule has 0 radical (unpaired) electrons. The minimum Gasteiger partial charge on any atom is -0.481 e. The Bertz CT molecular complexity index is 617. The van der Waals surface area contributed by atoms with Gasteiger partial charge in [-0.2, -0.15) is 0 Å². The maximum atomic E-state index is 11.9. The van der Waals surface area contributed by atoms with Crippen LogP contribution < -0.4 is 5.73 Å². The summed E-state index contributed by atoms with van der Waals surface area (Å²) in [5.74, 6) is -0.880. The number of hydrogen-bond donors (Lipinski definition) is 2. The fourth-order valence-electron chi connectivity index (χ4n) is 2.51. The molecule has 0 aliphatic rings. The number of aliphatic carboxylic acids is 1. The van der Waals surface area contributed by atoms with E-state index in [0.717, 1.165) is 22.3 Å². The third-order valence-electron chi connectivity index (χ3n) is 3.99. The fourth-order valence-corrected chi connectivity index (χ4v) is 2.51. The molecule has 21 heavy (non-hydrogen) atoms. The Morgan fingerprint density at radius 1 is 1.00 bits per heavy atom. The van der Waals surface area contributed by atoms with E-state index in [1.807, 2.05) is 62.4 Å². The van der Waals surface area contributed by atoms with Crippen LogP contribution in [0.15, 0.2) is 48.5 Å². The molecule has 2 aromatic rings. The van der Waals surface area contributed by atoms with Crippen LogP contribution in [-0.4, -0.2) is 17.6 Å². The van der Waals surface area contributed by atoms with E-state index in [-0.39, 0.29) is 6.54 Å². The van der Waals surface area contributed by atoms with E-state index in [4.69, 9.17) is 5.73 Å². The summed E-state index contributed by atoms with van der Waals surface area (Å²) in [4.78, 5) is 11.9. The van der Waals surface area contributed by atoms with Crippen LogP contribution in [0.2, 0.25) is 0 Å². The zero-order valence-electron chi connectivity index (χ0n) is 12.5. The van der Waals surface area contributed by atoms with E-state index >= 15 is 0 Å². The molecule has 0 spiro atoms. The number of nitrogens with two attached hydrogens (primary N) is 1. The second kappa shape index (κ2) is 6.10. The Hall–Kier alpha value is -2.13. The number of carboxylic acids is 1. The van der Waals surface area contributed by atoms with Gasteiger partial charge in [0.25, 0.3) is 0 Å². The van der Waals surface area contributed by atoms with Gasteiger partial charge in [0, 0.05) is 6.54 Å². The van der Waals surface area contributed by atoms with Crippen molar-refractivity contribution in [3.8, 4) is 0 Å². The van der Waals surface area contributed by atoms with E-state index < -0.39 is 11.4 Å². The highest BCUT2D eigenvalue weighted by Gasteiger charge is 2.39. The van der Waals surface area contributed by atoms with Crippen LogP contribution >= 0.6 is 0 Å². The summed E-state index contributed by atoms with van der Waals surface area (Å²) in [5.41, 5.74) is 8.79. The molecular weight excluding hydrogens is 262 g/mol. The summed E-state index contributed by atoms with van der Waals surface area (Å²) in [7, 11) is 0. The number of carboxylic acid groups (broad SMARTS) is 1. The lowest BCUT2D eigenvalue weighted by atomic mass is 9.75. The Morgan fingerprint density at radius 3 is 1.90 bits per heavy atom. The Labute approximate surface area is 125 Å². The zero-order chi connectivity index (χ0) is 15.5. The van der Waals surface area contributed by atoms with Crippen molar-refractivity contribution in [1.82, 2.24) is 0 Å². The van der Waals surface area contributed by atoms with Crippen molar-refractivity contribution in [2.45, 2.75) is 25.7 Å². The van der Waals surface area contributed by atoms with Gasteiger partial charge in [-0.15, -0.1) is 0 Å². The van der Waals surface area contributed by atoms with Gasteiger partial charge < -0.3 is 10.8 Å². The molecular formula is C18H21NO2. The summed E-state index contributed by atoms with van der Waals surface area (Å²) >= 11 is 0. The van der Waals surface area contributed by atoms with Crippen molar-refractivity contribution < 1.29 is 9.90 Å². The lowest BCUT2D eigenvalue weighted by Gasteiger charge is -2.29. The number of aryl methyl sites for hydroxylation is 2. The summed E-state index contributed by atoms with van der Waals surface area (Å²) in [6.07, 6.45) is 0.391.